The lowest BCUT2D eigenvalue weighted by molar-refractivity contribution is -0.115. The molecule has 2 aromatic carbocycles. The van der Waals surface area contributed by atoms with E-state index in [1.54, 1.807) is 6.07 Å². The largest absolute Gasteiger partial charge is 0.302 e. The molecule has 0 aliphatic heterocycles. The summed E-state index contributed by atoms with van der Waals surface area (Å²) in [6.07, 6.45) is 0.297. The number of carbonyl (C=O) groups excluding carboxylic acids is 1. The second kappa shape index (κ2) is 5.38. The molecule has 0 saturated carbocycles. The molecule has 0 aliphatic rings. The van der Waals surface area contributed by atoms with E-state index in [0.717, 1.165) is 10.3 Å². The molecule has 0 unspecified atom stereocenters. The van der Waals surface area contributed by atoms with Crippen LogP contribution in [0.1, 0.15) is 5.56 Å². The van der Waals surface area contributed by atoms with Gasteiger partial charge in [-0.15, -0.1) is 0 Å². The van der Waals surface area contributed by atoms with Crippen LogP contribution in [0.15, 0.2) is 48.5 Å². The van der Waals surface area contributed by atoms with Crippen molar-refractivity contribution in [1.29, 1.82) is 0 Å². The number of amides is 1. The Hall–Kier alpha value is -2.27. The van der Waals surface area contributed by atoms with E-state index in [9.17, 15) is 9.18 Å². The Morgan fingerprint density at radius 3 is 2.80 bits per heavy atom. The van der Waals surface area contributed by atoms with Crippen molar-refractivity contribution < 1.29 is 9.18 Å². The quantitative estimate of drug-likeness (QED) is 0.799. The molecule has 0 aliphatic carbocycles. The molecule has 0 saturated heterocycles. The fourth-order valence-electron chi connectivity index (χ4n) is 1.90. The van der Waals surface area contributed by atoms with Crippen LogP contribution >= 0.6 is 11.3 Å². The summed E-state index contributed by atoms with van der Waals surface area (Å²) >= 11 is 1.27. The summed E-state index contributed by atoms with van der Waals surface area (Å²) in [6, 6.07) is 13.9. The molecule has 0 bridgehead atoms. The Morgan fingerprint density at radius 1 is 1.20 bits per heavy atom. The van der Waals surface area contributed by atoms with Gasteiger partial charge < -0.3 is 5.32 Å². The number of hydrogen-bond donors (Lipinski definition) is 1. The fourth-order valence-corrected chi connectivity index (χ4v) is 2.80. The lowest BCUT2D eigenvalue weighted by atomic mass is 10.1. The van der Waals surface area contributed by atoms with Gasteiger partial charge in [-0.25, -0.2) is 9.37 Å². The third kappa shape index (κ3) is 2.83. The van der Waals surface area contributed by atoms with Gasteiger partial charge in [0, 0.05) is 0 Å². The number of nitrogens with one attached hydrogen (secondary N) is 1. The molecule has 1 amide bonds. The van der Waals surface area contributed by atoms with Crippen LogP contribution in [-0.4, -0.2) is 10.9 Å². The van der Waals surface area contributed by atoms with E-state index < -0.39 is 0 Å². The molecule has 0 fully saturated rings. The summed E-state index contributed by atoms with van der Waals surface area (Å²) < 4.78 is 13.8. The van der Waals surface area contributed by atoms with Crippen LogP contribution in [0.3, 0.4) is 0 Å². The number of halogens is 1. The molecule has 5 heteroatoms. The standard InChI is InChI=1S/C15H11FN2OS/c16-11-6-7-12-13(9-11)20-15(17-12)18-14(19)8-10-4-2-1-3-5-10/h1-7,9H,8H2,(H,17,18,19). The van der Waals surface area contributed by atoms with Crippen molar-refractivity contribution in [1.82, 2.24) is 4.98 Å². The molecular formula is C15H11FN2OS. The molecule has 0 radical (unpaired) electrons. The Morgan fingerprint density at radius 2 is 2.00 bits per heavy atom. The van der Waals surface area contributed by atoms with Crippen LogP contribution in [0, 0.1) is 5.82 Å². The number of fused-ring (bicyclic) bond motifs is 1. The number of anilines is 1. The van der Waals surface area contributed by atoms with E-state index in [2.05, 4.69) is 10.3 Å². The van der Waals surface area contributed by atoms with E-state index in [0.29, 0.717) is 17.1 Å². The molecule has 3 aromatic rings. The van der Waals surface area contributed by atoms with Crippen LogP contribution in [0.25, 0.3) is 10.2 Å². The monoisotopic (exact) mass is 286 g/mol. The van der Waals surface area contributed by atoms with Gasteiger partial charge in [-0.2, -0.15) is 0 Å². The molecule has 1 aromatic heterocycles. The lowest BCUT2D eigenvalue weighted by Gasteiger charge is -2.01. The average molecular weight is 286 g/mol. The van der Waals surface area contributed by atoms with E-state index in [1.165, 1.54) is 23.5 Å². The molecule has 100 valence electrons. The Labute approximate surface area is 119 Å². The van der Waals surface area contributed by atoms with Crippen molar-refractivity contribution in [2.45, 2.75) is 6.42 Å². The molecule has 0 spiro atoms. The molecule has 20 heavy (non-hydrogen) atoms. The van der Waals surface area contributed by atoms with Crippen LogP contribution in [0.2, 0.25) is 0 Å². The number of benzene rings is 2. The minimum absolute atomic E-state index is 0.129. The van der Waals surface area contributed by atoms with Crippen molar-refractivity contribution in [2.24, 2.45) is 0 Å². The molecule has 3 rings (SSSR count). The van der Waals surface area contributed by atoms with Crippen molar-refractivity contribution in [3.63, 3.8) is 0 Å². The average Bonchev–Trinajstić information content (AvgIpc) is 2.80. The predicted molar refractivity (Wildman–Crippen MR) is 78.4 cm³/mol. The van der Waals surface area contributed by atoms with Crippen LogP contribution < -0.4 is 5.32 Å². The van der Waals surface area contributed by atoms with Gasteiger partial charge in [0.05, 0.1) is 16.6 Å². The summed E-state index contributed by atoms with van der Waals surface area (Å²) in [5.41, 5.74) is 1.63. The smallest absolute Gasteiger partial charge is 0.230 e. The highest BCUT2D eigenvalue weighted by atomic mass is 32.1. The van der Waals surface area contributed by atoms with Crippen molar-refractivity contribution >= 4 is 32.6 Å². The molecular weight excluding hydrogens is 275 g/mol. The van der Waals surface area contributed by atoms with Crippen molar-refractivity contribution in [2.75, 3.05) is 5.32 Å². The summed E-state index contributed by atoms with van der Waals surface area (Å²) in [5, 5.41) is 3.24. The second-order valence-electron chi connectivity index (χ2n) is 4.34. The number of rotatable bonds is 3. The normalized spacial score (nSPS) is 10.7. The number of carbonyl (C=O) groups is 1. The molecule has 3 nitrogen and oxygen atoms in total. The first-order valence-electron chi connectivity index (χ1n) is 6.10. The maximum absolute atomic E-state index is 13.1. The first kappa shape index (κ1) is 12.7. The minimum Gasteiger partial charge on any atom is -0.302 e. The van der Waals surface area contributed by atoms with Gasteiger partial charge in [0.1, 0.15) is 5.82 Å². The zero-order chi connectivity index (χ0) is 13.9. The second-order valence-corrected chi connectivity index (χ2v) is 5.37. The van der Waals surface area contributed by atoms with Crippen LogP contribution in [-0.2, 0) is 11.2 Å². The van der Waals surface area contributed by atoms with Crippen LogP contribution in [0.4, 0.5) is 9.52 Å². The summed E-state index contributed by atoms with van der Waals surface area (Å²) in [5.74, 6) is -0.431. The van der Waals surface area contributed by atoms with Crippen LogP contribution in [0.5, 0.6) is 0 Å². The Balaban J connectivity index is 1.74. The van der Waals surface area contributed by atoms with E-state index >= 15 is 0 Å². The fraction of sp³-hybridized carbons (Fsp3) is 0.0667. The van der Waals surface area contributed by atoms with E-state index in [1.807, 2.05) is 30.3 Å². The molecule has 1 N–H and O–H groups in total. The van der Waals surface area contributed by atoms with Gasteiger partial charge in [-0.3, -0.25) is 4.79 Å². The maximum atomic E-state index is 13.1. The SMILES string of the molecule is O=C(Cc1ccccc1)Nc1nc2ccc(F)cc2s1. The number of hydrogen-bond acceptors (Lipinski definition) is 3. The summed E-state index contributed by atoms with van der Waals surface area (Å²) in [4.78, 5) is 16.2. The lowest BCUT2D eigenvalue weighted by Crippen LogP contribution is -2.13. The summed E-state index contributed by atoms with van der Waals surface area (Å²) in [7, 11) is 0. The third-order valence-electron chi connectivity index (χ3n) is 2.80. The number of thiazole rings is 1. The Kier molecular flexibility index (Phi) is 3.43. The third-order valence-corrected chi connectivity index (χ3v) is 3.74. The Bertz CT molecular complexity index is 755. The van der Waals surface area contributed by atoms with Crippen molar-refractivity contribution in [3.05, 3.63) is 59.9 Å². The van der Waals surface area contributed by atoms with Gasteiger partial charge in [0.25, 0.3) is 0 Å². The van der Waals surface area contributed by atoms with Crippen molar-refractivity contribution in [3.8, 4) is 0 Å². The highest BCUT2D eigenvalue weighted by Gasteiger charge is 2.09. The van der Waals surface area contributed by atoms with Gasteiger partial charge in [-0.05, 0) is 23.8 Å². The highest BCUT2D eigenvalue weighted by molar-refractivity contribution is 7.22. The maximum Gasteiger partial charge on any atom is 0.230 e. The highest BCUT2D eigenvalue weighted by Crippen LogP contribution is 2.26. The van der Waals surface area contributed by atoms with E-state index in [4.69, 9.17) is 0 Å². The number of aromatic nitrogens is 1. The van der Waals surface area contributed by atoms with Gasteiger partial charge in [-0.1, -0.05) is 41.7 Å². The zero-order valence-electron chi connectivity index (χ0n) is 10.5. The minimum atomic E-state index is -0.302. The predicted octanol–water partition coefficient (Wildman–Crippen LogP) is 3.62. The topological polar surface area (TPSA) is 42.0 Å². The number of nitrogens with zero attached hydrogens (tertiary/aromatic N) is 1. The summed E-state index contributed by atoms with van der Waals surface area (Å²) in [6.45, 7) is 0. The van der Waals surface area contributed by atoms with Gasteiger partial charge in [0.2, 0.25) is 5.91 Å². The van der Waals surface area contributed by atoms with Gasteiger partial charge in [0.15, 0.2) is 5.13 Å². The van der Waals surface area contributed by atoms with E-state index in [-0.39, 0.29) is 11.7 Å². The first-order chi connectivity index (χ1) is 9.70. The molecule has 0 atom stereocenters. The van der Waals surface area contributed by atoms with Gasteiger partial charge >= 0.3 is 0 Å². The first-order valence-corrected chi connectivity index (χ1v) is 6.92. The molecule has 1 heterocycles. The zero-order valence-corrected chi connectivity index (χ0v) is 11.3.